The van der Waals surface area contributed by atoms with Crippen molar-refractivity contribution < 1.29 is 10.1 Å². The lowest BCUT2D eigenvalue weighted by atomic mass is 9.55. The zero-order valence-electron chi connectivity index (χ0n) is 12.3. The lowest BCUT2D eigenvalue weighted by Gasteiger charge is -2.06. The predicted octanol–water partition coefficient (Wildman–Crippen LogP) is 3.25. The Morgan fingerprint density at radius 1 is 0.818 bits per heavy atom. The van der Waals surface area contributed by atoms with Crippen molar-refractivity contribution in [3.05, 3.63) is 96.5 Å². The van der Waals surface area contributed by atoms with Gasteiger partial charge in [-0.3, -0.25) is 0 Å². The van der Waals surface area contributed by atoms with Gasteiger partial charge in [0.15, 0.2) is 0 Å². The average molecular weight is 290 g/mol. The van der Waals surface area contributed by atoms with E-state index in [0.717, 1.165) is 17.4 Å². The number of benzene rings is 2. The van der Waals surface area contributed by atoms with Gasteiger partial charge >= 0.3 is 6.92 Å². The zero-order valence-corrected chi connectivity index (χ0v) is 12.3. The number of phenols is 1. The van der Waals surface area contributed by atoms with Crippen molar-refractivity contribution in [1.82, 2.24) is 0 Å². The topological polar surface area (TPSA) is 40.5 Å². The van der Waals surface area contributed by atoms with Crippen LogP contribution in [0.4, 0.5) is 0 Å². The Labute approximate surface area is 131 Å². The number of para-hydroxylation sites is 1. The quantitative estimate of drug-likeness (QED) is 0.833. The summed E-state index contributed by atoms with van der Waals surface area (Å²) in [6.45, 7) is -0.523. The number of hydrogen-bond donors (Lipinski definition) is 2. The average Bonchev–Trinajstić information content (AvgIpc) is 2.86. The lowest BCUT2D eigenvalue weighted by Crippen LogP contribution is -2.31. The fourth-order valence-electron chi connectivity index (χ4n) is 2.03. The highest BCUT2D eigenvalue weighted by atomic mass is 16.3. The largest absolute Gasteiger partial charge is 0.508 e. The van der Waals surface area contributed by atoms with Gasteiger partial charge < -0.3 is 10.1 Å². The van der Waals surface area contributed by atoms with Gasteiger partial charge in [0.1, 0.15) is 5.75 Å². The maximum atomic E-state index is 10.1. The normalized spacial score (nSPS) is 12.7. The highest BCUT2D eigenvalue weighted by Crippen LogP contribution is 2.07. The summed E-state index contributed by atoms with van der Waals surface area (Å²) in [5.74, 6) is 0.322. The summed E-state index contributed by atoms with van der Waals surface area (Å²) in [7, 11) is 0. The molecule has 0 saturated carbocycles. The number of rotatable bonds is 2. The number of allylic oxidation sites excluding steroid dienone is 6. The lowest BCUT2D eigenvalue weighted by molar-refractivity contribution is 0.475. The van der Waals surface area contributed by atoms with Crippen molar-refractivity contribution in [3.8, 4) is 5.75 Å². The van der Waals surface area contributed by atoms with E-state index in [1.54, 1.807) is 24.3 Å². The van der Waals surface area contributed by atoms with Crippen LogP contribution < -0.4 is 5.46 Å². The maximum Gasteiger partial charge on any atom is 0.358 e. The van der Waals surface area contributed by atoms with Crippen LogP contribution in [0.3, 0.4) is 0 Å². The third-order valence-electron chi connectivity index (χ3n) is 3.19. The van der Waals surface area contributed by atoms with E-state index in [1.807, 2.05) is 54.6 Å². The molecule has 22 heavy (non-hydrogen) atoms. The van der Waals surface area contributed by atoms with E-state index in [9.17, 15) is 5.02 Å². The molecular formula is C19H19BO2. The van der Waals surface area contributed by atoms with Crippen molar-refractivity contribution in [1.29, 1.82) is 0 Å². The Balaban J connectivity index is 0.000000211. The van der Waals surface area contributed by atoms with Gasteiger partial charge in [-0.15, -0.1) is 0 Å². The molecule has 1 aliphatic rings. The minimum Gasteiger partial charge on any atom is -0.508 e. The maximum absolute atomic E-state index is 10.1. The number of aromatic hydroxyl groups is 1. The molecule has 3 rings (SSSR count). The molecule has 0 aromatic heterocycles. The van der Waals surface area contributed by atoms with Gasteiger partial charge in [0.2, 0.25) is 0 Å². The van der Waals surface area contributed by atoms with Gasteiger partial charge in [-0.25, -0.2) is 0 Å². The summed E-state index contributed by atoms with van der Waals surface area (Å²) in [5, 5.41) is 18.7. The standard InChI is InChI=1S/C13H13BO.C6H6O/c15-14(13-10-6-3-7-11-13)12-8-4-1-2-5-9-12;7-6-4-2-1-3-5-6/h1,3-11,15H,2H2;1-5,7H. The summed E-state index contributed by atoms with van der Waals surface area (Å²) < 4.78 is 0. The molecule has 2 nitrogen and oxygen atoms in total. The predicted molar refractivity (Wildman–Crippen MR) is 93.1 cm³/mol. The highest BCUT2D eigenvalue weighted by Gasteiger charge is 2.16. The molecule has 2 aromatic rings. The van der Waals surface area contributed by atoms with E-state index in [0.29, 0.717) is 5.75 Å². The van der Waals surface area contributed by atoms with Gasteiger partial charge in [0.05, 0.1) is 0 Å². The molecule has 3 heteroatoms. The fraction of sp³-hybridized carbons (Fsp3) is 0.0526. The summed E-state index contributed by atoms with van der Waals surface area (Å²) >= 11 is 0. The molecule has 0 atom stereocenters. The van der Waals surface area contributed by atoms with E-state index in [2.05, 4.69) is 12.2 Å². The first kappa shape index (κ1) is 15.9. The molecule has 110 valence electrons. The van der Waals surface area contributed by atoms with Crippen LogP contribution in [0.1, 0.15) is 6.42 Å². The van der Waals surface area contributed by atoms with Crippen LogP contribution in [0.2, 0.25) is 0 Å². The third kappa shape index (κ3) is 5.11. The molecule has 0 heterocycles. The fourth-order valence-corrected chi connectivity index (χ4v) is 2.03. The Kier molecular flexibility index (Phi) is 6.28. The molecule has 0 aliphatic heterocycles. The SMILES string of the molecule is OB(C1=CC=CCC=C1)c1ccccc1.Oc1ccccc1. The molecule has 0 unspecified atom stereocenters. The molecule has 0 amide bonds. The van der Waals surface area contributed by atoms with Gasteiger partial charge in [-0.2, -0.15) is 0 Å². The Morgan fingerprint density at radius 2 is 1.45 bits per heavy atom. The van der Waals surface area contributed by atoms with Gasteiger partial charge in [0, 0.05) is 0 Å². The summed E-state index contributed by atoms with van der Waals surface area (Å²) in [6.07, 6.45) is 11.0. The van der Waals surface area contributed by atoms with E-state index < -0.39 is 6.92 Å². The van der Waals surface area contributed by atoms with Crippen LogP contribution in [-0.2, 0) is 0 Å². The first-order chi connectivity index (χ1) is 10.8. The Bertz CT molecular complexity index is 646. The van der Waals surface area contributed by atoms with Crippen molar-refractivity contribution in [2.75, 3.05) is 0 Å². The van der Waals surface area contributed by atoms with E-state index in [-0.39, 0.29) is 0 Å². The molecule has 0 spiro atoms. The second-order valence-corrected chi connectivity index (χ2v) is 4.88. The second kappa shape index (κ2) is 8.70. The highest BCUT2D eigenvalue weighted by molar-refractivity contribution is 6.73. The minimum absolute atomic E-state index is 0.322. The van der Waals surface area contributed by atoms with Crippen molar-refractivity contribution >= 4 is 12.4 Å². The molecule has 0 fully saturated rings. The van der Waals surface area contributed by atoms with Gasteiger partial charge in [-0.05, 0) is 29.5 Å². The summed E-state index contributed by atoms with van der Waals surface area (Å²) in [5.41, 5.74) is 1.87. The van der Waals surface area contributed by atoms with E-state index in [4.69, 9.17) is 5.11 Å². The monoisotopic (exact) mass is 290 g/mol. The van der Waals surface area contributed by atoms with Crippen LogP contribution in [0, 0.1) is 0 Å². The Hall–Kier alpha value is -2.52. The zero-order chi connectivity index (χ0) is 15.6. The van der Waals surface area contributed by atoms with Crippen LogP contribution in [-0.4, -0.2) is 17.0 Å². The van der Waals surface area contributed by atoms with E-state index >= 15 is 0 Å². The van der Waals surface area contributed by atoms with Crippen LogP contribution in [0.5, 0.6) is 5.75 Å². The van der Waals surface area contributed by atoms with Crippen LogP contribution >= 0.6 is 0 Å². The van der Waals surface area contributed by atoms with Crippen LogP contribution in [0.15, 0.2) is 96.5 Å². The Morgan fingerprint density at radius 3 is 2.05 bits per heavy atom. The molecule has 2 aromatic carbocycles. The van der Waals surface area contributed by atoms with E-state index in [1.165, 1.54) is 0 Å². The number of phenolic OH excluding ortho intramolecular Hbond substituents is 1. The molecule has 2 N–H and O–H groups in total. The molecular weight excluding hydrogens is 271 g/mol. The molecule has 0 radical (unpaired) electrons. The van der Waals surface area contributed by atoms with Crippen molar-refractivity contribution in [2.24, 2.45) is 0 Å². The second-order valence-electron chi connectivity index (χ2n) is 4.88. The van der Waals surface area contributed by atoms with Crippen molar-refractivity contribution in [2.45, 2.75) is 6.42 Å². The van der Waals surface area contributed by atoms with Gasteiger partial charge in [-0.1, -0.05) is 78.9 Å². The summed E-state index contributed by atoms with van der Waals surface area (Å²) in [4.78, 5) is 0. The first-order valence-corrected chi connectivity index (χ1v) is 7.27. The van der Waals surface area contributed by atoms with Crippen LogP contribution in [0.25, 0.3) is 0 Å². The number of hydrogen-bond acceptors (Lipinski definition) is 2. The molecule has 1 aliphatic carbocycles. The van der Waals surface area contributed by atoms with Gasteiger partial charge in [0.25, 0.3) is 0 Å². The molecule has 0 saturated heterocycles. The third-order valence-corrected chi connectivity index (χ3v) is 3.19. The minimum atomic E-state index is -0.523. The first-order valence-electron chi connectivity index (χ1n) is 7.27. The molecule has 0 bridgehead atoms. The van der Waals surface area contributed by atoms with Crippen molar-refractivity contribution in [3.63, 3.8) is 0 Å². The smallest absolute Gasteiger partial charge is 0.358 e. The summed E-state index contributed by atoms with van der Waals surface area (Å²) in [6, 6.07) is 18.4.